The second-order valence-corrected chi connectivity index (χ2v) is 6.32. The van der Waals surface area contributed by atoms with Gasteiger partial charge in [0.2, 0.25) is 11.8 Å². The Balaban J connectivity index is 2.17. The zero-order valence-electron chi connectivity index (χ0n) is 11.9. The molecular formula is C16H14IN3O2. The number of hydrogen-bond acceptors (Lipinski definition) is 3. The molecule has 1 aromatic heterocycles. The number of hydrogen-bond donors (Lipinski definition) is 1. The molecule has 22 heavy (non-hydrogen) atoms. The van der Waals surface area contributed by atoms with Gasteiger partial charge in [0.05, 0.1) is 11.6 Å². The minimum atomic E-state index is -0.613. The molecule has 2 aromatic rings. The van der Waals surface area contributed by atoms with Crippen LogP contribution in [0.5, 0.6) is 0 Å². The van der Waals surface area contributed by atoms with Gasteiger partial charge in [-0.25, -0.2) is 0 Å². The van der Waals surface area contributed by atoms with E-state index < -0.39 is 21.0 Å². The number of nitrogens with one attached hydrogen (secondary N) is 1. The molecule has 0 fully saturated rings. The molecule has 0 saturated heterocycles. The van der Waals surface area contributed by atoms with E-state index in [2.05, 4.69) is 3.53 Å². The second-order valence-electron chi connectivity index (χ2n) is 4.44. The number of allylic oxidation sites excluding steroid dienone is 1. The Bertz CT molecular complexity index is 812. The maximum atomic E-state index is 11.6. The van der Waals surface area contributed by atoms with Crippen molar-refractivity contribution < 1.29 is 9.59 Å². The third kappa shape index (κ3) is 3.89. The van der Waals surface area contributed by atoms with E-state index in [0.717, 1.165) is 16.5 Å². The normalized spacial score (nSPS) is 11.5. The molecule has 0 saturated carbocycles. The Labute approximate surface area is 138 Å². The van der Waals surface area contributed by atoms with Crippen LogP contribution in [0.15, 0.2) is 36.5 Å². The summed E-state index contributed by atoms with van der Waals surface area (Å²) in [6.45, 7) is 1.53. The van der Waals surface area contributed by atoms with Crippen LogP contribution < -0.4 is 3.53 Å². The van der Waals surface area contributed by atoms with Crippen molar-refractivity contribution in [2.45, 2.75) is 13.3 Å². The molecule has 0 aliphatic carbocycles. The number of amides is 1. The number of halogens is 1. The highest BCUT2D eigenvalue weighted by Gasteiger charge is 2.07. The van der Waals surface area contributed by atoms with Crippen LogP contribution in [0.3, 0.4) is 0 Å². The third-order valence-electron chi connectivity index (χ3n) is 2.89. The minimum Gasteiger partial charge on any atom is -0.303 e. The summed E-state index contributed by atoms with van der Waals surface area (Å²) in [5.74, 6) is -0.274. The van der Waals surface area contributed by atoms with Crippen LogP contribution in [-0.2, 0) is 4.79 Å². The first-order valence-electron chi connectivity index (χ1n) is 6.52. The molecule has 1 N–H and O–H groups in total. The first-order valence-corrected chi connectivity index (χ1v) is 8.85. The molecule has 0 aliphatic heterocycles. The molecular weight excluding hydrogens is 393 g/mol. The molecule has 1 amide bonds. The Morgan fingerprint density at radius 3 is 2.91 bits per heavy atom. The fraction of sp³-hybridized carbons (Fsp3) is 0.125. The third-order valence-corrected chi connectivity index (χ3v) is 4.58. The summed E-state index contributed by atoms with van der Waals surface area (Å²) in [5.41, 5.74) is 1.83. The number of nitriles is 1. The van der Waals surface area contributed by atoms with E-state index in [1.807, 2.05) is 46.6 Å². The topological polar surface area (TPSA) is 74.9 Å². The van der Waals surface area contributed by atoms with E-state index in [9.17, 15) is 9.59 Å². The molecule has 0 atom stereocenters. The summed E-state index contributed by atoms with van der Waals surface area (Å²) in [7, 11) is 0. The first-order chi connectivity index (χ1) is 10.6. The van der Waals surface area contributed by atoms with Gasteiger partial charge in [-0.3, -0.25) is 14.2 Å². The summed E-state index contributed by atoms with van der Waals surface area (Å²) in [5, 5.41) is 9.39. The number of nitrogens with zero attached hydrogens (tertiary/aromatic N) is 2. The van der Waals surface area contributed by atoms with E-state index in [-0.39, 0.29) is 18.2 Å². The van der Waals surface area contributed by atoms with Crippen LogP contribution >= 0.6 is 21.0 Å². The lowest BCUT2D eigenvalue weighted by Crippen LogP contribution is -2.10. The van der Waals surface area contributed by atoms with Gasteiger partial charge < -0.3 is 3.53 Å². The molecule has 2 rings (SSSR count). The molecule has 0 spiro atoms. The molecule has 5 nitrogen and oxygen atoms in total. The van der Waals surface area contributed by atoms with E-state index in [4.69, 9.17) is 5.26 Å². The molecule has 6 heteroatoms. The van der Waals surface area contributed by atoms with E-state index in [1.165, 1.54) is 6.92 Å². The van der Waals surface area contributed by atoms with E-state index >= 15 is 0 Å². The summed E-state index contributed by atoms with van der Waals surface area (Å²) >= 11 is -0.613. The number of carbonyl (C=O) groups is 2. The van der Waals surface area contributed by atoms with Gasteiger partial charge in [0, 0.05) is 24.1 Å². The van der Waals surface area contributed by atoms with Crippen LogP contribution in [0.25, 0.3) is 17.0 Å². The highest BCUT2D eigenvalue weighted by atomic mass is 127. The van der Waals surface area contributed by atoms with Crippen LogP contribution in [0.4, 0.5) is 0 Å². The molecule has 1 aromatic carbocycles. The summed E-state index contributed by atoms with van der Waals surface area (Å²) < 4.78 is 6.23. The fourth-order valence-electron chi connectivity index (χ4n) is 1.97. The first kappa shape index (κ1) is 16.1. The smallest absolute Gasteiger partial charge is 0.242 e. The Kier molecular flexibility index (Phi) is 5.61. The van der Waals surface area contributed by atoms with Gasteiger partial charge in [0.15, 0.2) is 0 Å². The van der Waals surface area contributed by atoms with Gasteiger partial charge in [0.25, 0.3) is 0 Å². The maximum absolute atomic E-state index is 11.6. The number of benzene rings is 1. The molecule has 0 bridgehead atoms. The van der Waals surface area contributed by atoms with Gasteiger partial charge >= 0.3 is 0 Å². The highest BCUT2D eigenvalue weighted by Crippen LogP contribution is 2.22. The van der Waals surface area contributed by atoms with Crippen molar-refractivity contribution in [3.8, 4) is 6.07 Å². The van der Waals surface area contributed by atoms with Crippen molar-refractivity contribution in [2.75, 3.05) is 0 Å². The lowest BCUT2D eigenvalue weighted by Gasteiger charge is -1.96. The van der Waals surface area contributed by atoms with E-state index in [0.29, 0.717) is 0 Å². The number of para-hydroxylation sites is 1. The molecule has 1 heterocycles. The van der Waals surface area contributed by atoms with Crippen molar-refractivity contribution in [2.24, 2.45) is 0 Å². The van der Waals surface area contributed by atoms with Gasteiger partial charge in [-0.05, 0) is 31.1 Å². The zero-order valence-corrected chi connectivity index (χ0v) is 14.1. The van der Waals surface area contributed by atoms with Crippen LogP contribution in [0.1, 0.15) is 23.7 Å². The molecule has 0 unspecified atom stereocenters. The van der Waals surface area contributed by atoms with Gasteiger partial charge in [0.1, 0.15) is 6.42 Å². The largest absolute Gasteiger partial charge is 0.303 e. The van der Waals surface area contributed by atoms with Gasteiger partial charge in [-0.1, -0.05) is 30.4 Å². The zero-order chi connectivity index (χ0) is 15.9. The predicted octanol–water partition coefficient (Wildman–Crippen LogP) is 3.03. The average Bonchev–Trinajstić information content (AvgIpc) is 2.86. The second kappa shape index (κ2) is 7.66. The fourth-order valence-corrected chi connectivity index (χ4v) is 3.11. The van der Waals surface area contributed by atoms with E-state index in [1.54, 1.807) is 10.6 Å². The Hall–Kier alpha value is -2.27. The number of carbonyl (C=O) groups excluding carboxylic acids is 2. The van der Waals surface area contributed by atoms with Crippen molar-refractivity contribution >= 4 is 53.8 Å². The Morgan fingerprint density at radius 2 is 2.18 bits per heavy atom. The van der Waals surface area contributed by atoms with Crippen LogP contribution in [-0.4, -0.2) is 20.4 Å². The SMILES string of the molecule is CC(=O)n1cc(/C=C/C=INC(=O)CC#N)c2ccccc21. The Morgan fingerprint density at radius 1 is 1.41 bits per heavy atom. The number of fused-ring (bicyclic) bond motifs is 1. The monoisotopic (exact) mass is 407 g/mol. The maximum Gasteiger partial charge on any atom is 0.242 e. The summed E-state index contributed by atoms with van der Waals surface area (Å²) in [6, 6.07) is 9.52. The van der Waals surface area contributed by atoms with Crippen molar-refractivity contribution in [1.82, 2.24) is 8.10 Å². The van der Waals surface area contributed by atoms with Crippen LogP contribution in [0.2, 0.25) is 0 Å². The van der Waals surface area contributed by atoms with Crippen molar-refractivity contribution in [3.63, 3.8) is 0 Å². The van der Waals surface area contributed by atoms with Gasteiger partial charge in [-0.15, -0.1) is 0 Å². The molecule has 0 radical (unpaired) electrons. The lowest BCUT2D eigenvalue weighted by molar-refractivity contribution is -0.117. The minimum absolute atomic E-state index is 0.0315. The average molecular weight is 407 g/mol. The van der Waals surface area contributed by atoms with Crippen molar-refractivity contribution in [3.05, 3.63) is 42.1 Å². The summed E-state index contributed by atoms with van der Waals surface area (Å²) in [6.07, 6.45) is 5.48. The van der Waals surface area contributed by atoms with Crippen molar-refractivity contribution in [1.29, 1.82) is 5.26 Å². The quantitative estimate of drug-likeness (QED) is 0.626. The highest BCUT2D eigenvalue weighted by molar-refractivity contribution is 14.2. The lowest BCUT2D eigenvalue weighted by atomic mass is 10.2. The molecule has 112 valence electrons. The number of rotatable bonds is 4. The predicted molar refractivity (Wildman–Crippen MR) is 95.7 cm³/mol. The van der Waals surface area contributed by atoms with Crippen LogP contribution in [0, 0.1) is 11.3 Å². The standard InChI is InChI=1S/C16H14IN3O2/c1-12(21)20-11-13(14-6-2-3-7-15(14)20)5-4-9-17-19-16(22)8-10-18/h2-7,9,11H,8H2,1H3,(H,19,22)/b5-4+. The molecule has 0 aliphatic rings. The summed E-state index contributed by atoms with van der Waals surface area (Å²) in [4.78, 5) is 22.8. The van der Waals surface area contributed by atoms with Gasteiger partial charge in [-0.2, -0.15) is 5.26 Å². The number of aromatic nitrogens is 1.